The molecule has 0 saturated heterocycles. The average molecular weight is 183 g/mol. The molecule has 0 bridgehead atoms. The van der Waals surface area contributed by atoms with Gasteiger partial charge in [-0.1, -0.05) is 33.3 Å². The molecule has 0 saturated carbocycles. The molecule has 0 aromatic heterocycles. The number of nitrogens with two attached hydrogens (primary N) is 1. The van der Waals surface area contributed by atoms with Crippen molar-refractivity contribution in [2.45, 2.75) is 53.9 Å². The van der Waals surface area contributed by atoms with Crippen LogP contribution in [0.3, 0.4) is 0 Å². The molecule has 78 valence electrons. The average Bonchev–Trinajstić information content (AvgIpc) is 2.60. The Hall–Kier alpha value is -0.720. The van der Waals surface area contributed by atoms with Crippen molar-refractivity contribution in [1.29, 1.82) is 0 Å². The van der Waals surface area contributed by atoms with E-state index >= 15 is 0 Å². The van der Waals surface area contributed by atoms with Crippen LogP contribution >= 0.6 is 0 Å². The first-order chi connectivity index (χ1) is 6.34. The van der Waals surface area contributed by atoms with Crippen LogP contribution in [-0.4, -0.2) is 0 Å². The van der Waals surface area contributed by atoms with E-state index in [1.54, 1.807) is 6.20 Å². The van der Waals surface area contributed by atoms with Crippen LogP contribution in [0, 0.1) is 0 Å². The van der Waals surface area contributed by atoms with Crippen LogP contribution < -0.4 is 5.73 Å². The zero-order valence-electron chi connectivity index (χ0n) is 9.85. The smallest absolute Gasteiger partial charge is 0.00596 e. The molecule has 1 aliphatic rings. The Balaban J connectivity index is 0. The van der Waals surface area contributed by atoms with E-state index in [9.17, 15) is 0 Å². The second kappa shape index (κ2) is 11.3. The zero-order valence-corrected chi connectivity index (χ0v) is 9.85. The SMILES string of the molecule is CC.CC.CC1=C(/C=C\N)CCC1. The third-order valence-electron chi connectivity index (χ3n) is 1.84. The third kappa shape index (κ3) is 6.44. The summed E-state index contributed by atoms with van der Waals surface area (Å²) >= 11 is 0. The summed E-state index contributed by atoms with van der Waals surface area (Å²) < 4.78 is 0. The first-order valence-electron chi connectivity index (χ1n) is 5.41. The highest BCUT2D eigenvalue weighted by Gasteiger charge is 2.06. The molecule has 0 aliphatic heterocycles. The minimum absolute atomic E-state index is 1.22. The molecule has 2 N–H and O–H groups in total. The van der Waals surface area contributed by atoms with Gasteiger partial charge in [0.25, 0.3) is 0 Å². The number of hydrogen-bond donors (Lipinski definition) is 1. The maximum absolute atomic E-state index is 5.26. The van der Waals surface area contributed by atoms with Crippen molar-refractivity contribution in [3.8, 4) is 0 Å². The van der Waals surface area contributed by atoms with Crippen LogP contribution in [0.15, 0.2) is 23.4 Å². The second-order valence-electron chi connectivity index (χ2n) is 2.52. The van der Waals surface area contributed by atoms with Gasteiger partial charge in [-0.15, -0.1) is 0 Å². The van der Waals surface area contributed by atoms with Gasteiger partial charge in [0.2, 0.25) is 0 Å². The van der Waals surface area contributed by atoms with Crippen molar-refractivity contribution in [2.75, 3.05) is 0 Å². The fraction of sp³-hybridized carbons (Fsp3) is 0.667. The maximum Gasteiger partial charge on any atom is -0.00596 e. The molecular weight excluding hydrogens is 158 g/mol. The highest BCUT2D eigenvalue weighted by atomic mass is 14.5. The predicted octanol–water partition coefficient (Wildman–Crippen LogP) is 4.01. The van der Waals surface area contributed by atoms with Gasteiger partial charge < -0.3 is 5.73 Å². The lowest BCUT2D eigenvalue weighted by Gasteiger charge is -1.91. The van der Waals surface area contributed by atoms with Gasteiger partial charge in [0.15, 0.2) is 0 Å². The van der Waals surface area contributed by atoms with Crippen LogP contribution in [0.1, 0.15) is 53.9 Å². The molecule has 0 fully saturated rings. The molecule has 1 aliphatic carbocycles. The fourth-order valence-corrected chi connectivity index (χ4v) is 1.26. The van der Waals surface area contributed by atoms with Gasteiger partial charge in [-0.2, -0.15) is 0 Å². The molecule has 0 aromatic rings. The van der Waals surface area contributed by atoms with Gasteiger partial charge in [0.1, 0.15) is 0 Å². The highest BCUT2D eigenvalue weighted by Crippen LogP contribution is 2.25. The number of rotatable bonds is 1. The van der Waals surface area contributed by atoms with Crippen LogP contribution in [0.25, 0.3) is 0 Å². The van der Waals surface area contributed by atoms with Crippen molar-refractivity contribution in [2.24, 2.45) is 5.73 Å². The molecule has 0 unspecified atom stereocenters. The summed E-state index contributed by atoms with van der Waals surface area (Å²) in [6.45, 7) is 10.2. The Bertz CT molecular complexity index is 155. The van der Waals surface area contributed by atoms with E-state index in [1.807, 2.05) is 33.8 Å². The van der Waals surface area contributed by atoms with Crippen LogP contribution in [-0.2, 0) is 0 Å². The van der Waals surface area contributed by atoms with E-state index in [0.717, 1.165) is 0 Å². The number of hydrogen-bond acceptors (Lipinski definition) is 1. The Morgan fingerprint density at radius 1 is 1.08 bits per heavy atom. The molecule has 1 rings (SSSR count). The van der Waals surface area contributed by atoms with Gasteiger partial charge in [-0.3, -0.25) is 0 Å². The largest absolute Gasteiger partial charge is 0.405 e. The molecule has 1 heteroatoms. The zero-order chi connectivity index (χ0) is 10.7. The fourth-order valence-electron chi connectivity index (χ4n) is 1.26. The predicted molar refractivity (Wildman–Crippen MR) is 62.6 cm³/mol. The van der Waals surface area contributed by atoms with E-state index in [1.165, 1.54) is 30.4 Å². The van der Waals surface area contributed by atoms with E-state index in [4.69, 9.17) is 5.73 Å². The highest BCUT2D eigenvalue weighted by molar-refractivity contribution is 5.27. The minimum Gasteiger partial charge on any atom is -0.405 e. The van der Waals surface area contributed by atoms with Crippen molar-refractivity contribution in [3.05, 3.63) is 23.4 Å². The van der Waals surface area contributed by atoms with Crippen LogP contribution in [0.5, 0.6) is 0 Å². The van der Waals surface area contributed by atoms with Crippen LogP contribution in [0.2, 0.25) is 0 Å². The summed E-state index contributed by atoms with van der Waals surface area (Å²) in [6, 6.07) is 0. The van der Waals surface area contributed by atoms with E-state index in [0.29, 0.717) is 0 Å². The maximum atomic E-state index is 5.26. The van der Waals surface area contributed by atoms with Gasteiger partial charge in [-0.05, 0) is 44.0 Å². The van der Waals surface area contributed by atoms with Crippen molar-refractivity contribution in [1.82, 2.24) is 0 Å². The lowest BCUT2D eigenvalue weighted by molar-refractivity contribution is 0.899. The number of allylic oxidation sites excluding steroid dienone is 3. The van der Waals surface area contributed by atoms with Crippen LogP contribution in [0.4, 0.5) is 0 Å². The Morgan fingerprint density at radius 2 is 1.62 bits per heavy atom. The first kappa shape index (κ1) is 14.8. The van der Waals surface area contributed by atoms with Gasteiger partial charge in [0.05, 0.1) is 0 Å². The van der Waals surface area contributed by atoms with Gasteiger partial charge in [0, 0.05) is 0 Å². The Labute approximate surface area is 83.7 Å². The van der Waals surface area contributed by atoms with Crippen molar-refractivity contribution >= 4 is 0 Å². The van der Waals surface area contributed by atoms with E-state index in [2.05, 4.69) is 6.92 Å². The molecule has 1 nitrogen and oxygen atoms in total. The lowest BCUT2D eigenvalue weighted by Crippen LogP contribution is -1.79. The molecule has 0 atom stereocenters. The molecule has 0 aromatic carbocycles. The Morgan fingerprint density at radius 3 is 1.92 bits per heavy atom. The molecule has 13 heavy (non-hydrogen) atoms. The van der Waals surface area contributed by atoms with Gasteiger partial charge >= 0.3 is 0 Å². The lowest BCUT2D eigenvalue weighted by atomic mass is 10.2. The van der Waals surface area contributed by atoms with E-state index < -0.39 is 0 Å². The molecule has 0 spiro atoms. The molecule has 0 amide bonds. The molecule has 0 heterocycles. The summed E-state index contributed by atoms with van der Waals surface area (Å²) in [5.74, 6) is 0. The summed E-state index contributed by atoms with van der Waals surface area (Å²) in [7, 11) is 0. The summed E-state index contributed by atoms with van der Waals surface area (Å²) in [6.07, 6.45) is 7.44. The monoisotopic (exact) mass is 183 g/mol. The quantitative estimate of drug-likeness (QED) is 0.653. The van der Waals surface area contributed by atoms with Gasteiger partial charge in [-0.25, -0.2) is 0 Å². The summed E-state index contributed by atoms with van der Waals surface area (Å²) in [5.41, 5.74) is 8.21. The standard InChI is InChI=1S/C8H13N.2C2H6/c1-7-3-2-4-8(7)5-6-9;2*1-2/h5-6H,2-4,9H2,1H3;2*1-2H3/b6-5-;;. The van der Waals surface area contributed by atoms with Crippen molar-refractivity contribution in [3.63, 3.8) is 0 Å². The van der Waals surface area contributed by atoms with E-state index in [-0.39, 0.29) is 0 Å². The molecule has 0 radical (unpaired) electrons. The normalized spacial score (nSPS) is 14.8. The Kier molecular flexibility index (Phi) is 12.8. The third-order valence-corrected chi connectivity index (χ3v) is 1.84. The van der Waals surface area contributed by atoms with Crippen molar-refractivity contribution < 1.29 is 0 Å². The first-order valence-corrected chi connectivity index (χ1v) is 5.41. The topological polar surface area (TPSA) is 26.0 Å². The summed E-state index contributed by atoms with van der Waals surface area (Å²) in [4.78, 5) is 0. The molecular formula is C12H25N. The minimum atomic E-state index is 1.22. The summed E-state index contributed by atoms with van der Waals surface area (Å²) in [5, 5.41) is 0. The second-order valence-corrected chi connectivity index (χ2v) is 2.52.